The van der Waals surface area contributed by atoms with Gasteiger partial charge in [0.05, 0.1) is 24.0 Å². The standard InChI is InChI=1S/C14H18ClN3O/c1-17(2)9-13-10-18(5-6-19-13)14-4-3-12(15)7-11(14)8-16/h3-4,7,13H,5-6,9-10H2,1-2H3. The third-order valence-electron chi connectivity index (χ3n) is 3.13. The number of benzene rings is 1. The van der Waals surface area contributed by atoms with Crippen LogP contribution in [0.5, 0.6) is 0 Å². The number of nitrogens with zero attached hydrogens (tertiary/aromatic N) is 3. The molecule has 1 unspecified atom stereocenters. The van der Waals surface area contributed by atoms with Crippen LogP contribution in [0.1, 0.15) is 5.56 Å². The van der Waals surface area contributed by atoms with Crippen LogP contribution in [0.15, 0.2) is 18.2 Å². The minimum absolute atomic E-state index is 0.172. The Morgan fingerprint density at radius 2 is 2.32 bits per heavy atom. The third kappa shape index (κ3) is 3.60. The zero-order valence-corrected chi connectivity index (χ0v) is 12.0. The molecule has 0 N–H and O–H groups in total. The van der Waals surface area contributed by atoms with Gasteiger partial charge in [0.2, 0.25) is 0 Å². The van der Waals surface area contributed by atoms with Gasteiger partial charge in [-0.05, 0) is 32.3 Å². The second kappa shape index (κ2) is 6.25. The highest BCUT2D eigenvalue weighted by Gasteiger charge is 2.22. The molecular formula is C14H18ClN3O. The highest BCUT2D eigenvalue weighted by Crippen LogP contribution is 2.25. The molecule has 2 rings (SSSR count). The van der Waals surface area contributed by atoms with Crippen molar-refractivity contribution in [1.29, 1.82) is 5.26 Å². The van der Waals surface area contributed by atoms with Crippen molar-refractivity contribution < 1.29 is 4.74 Å². The molecule has 1 atom stereocenters. The lowest BCUT2D eigenvalue weighted by Crippen LogP contribution is -2.46. The van der Waals surface area contributed by atoms with E-state index in [1.54, 1.807) is 6.07 Å². The molecule has 19 heavy (non-hydrogen) atoms. The van der Waals surface area contributed by atoms with Crippen LogP contribution in [-0.4, -0.2) is 51.3 Å². The summed E-state index contributed by atoms with van der Waals surface area (Å²) in [6.07, 6.45) is 0.172. The largest absolute Gasteiger partial charge is 0.373 e. The molecule has 0 spiro atoms. The highest BCUT2D eigenvalue weighted by molar-refractivity contribution is 6.30. The van der Waals surface area contributed by atoms with E-state index in [1.165, 1.54) is 0 Å². The first-order valence-electron chi connectivity index (χ1n) is 6.31. The molecule has 1 heterocycles. The van der Waals surface area contributed by atoms with Gasteiger partial charge in [0.25, 0.3) is 0 Å². The second-order valence-corrected chi connectivity index (χ2v) is 5.41. The summed E-state index contributed by atoms with van der Waals surface area (Å²) in [6, 6.07) is 7.67. The van der Waals surface area contributed by atoms with Gasteiger partial charge in [-0.3, -0.25) is 0 Å². The molecular weight excluding hydrogens is 262 g/mol. The SMILES string of the molecule is CN(C)CC1CN(c2ccc(Cl)cc2C#N)CCO1. The fourth-order valence-corrected chi connectivity index (χ4v) is 2.50. The molecule has 0 aromatic heterocycles. The van der Waals surface area contributed by atoms with Crippen LogP contribution in [0.3, 0.4) is 0 Å². The summed E-state index contributed by atoms with van der Waals surface area (Å²) in [5.74, 6) is 0. The predicted octanol–water partition coefficient (Wildman–Crippen LogP) is 1.98. The van der Waals surface area contributed by atoms with Crippen LogP contribution in [0, 0.1) is 11.3 Å². The van der Waals surface area contributed by atoms with Crippen molar-refractivity contribution in [3.05, 3.63) is 28.8 Å². The zero-order chi connectivity index (χ0) is 13.8. The minimum Gasteiger partial charge on any atom is -0.373 e. The number of anilines is 1. The first-order valence-corrected chi connectivity index (χ1v) is 6.69. The van der Waals surface area contributed by atoms with Crippen molar-refractivity contribution in [2.75, 3.05) is 45.2 Å². The van der Waals surface area contributed by atoms with Gasteiger partial charge in [-0.15, -0.1) is 0 Å². The monoisotopic (exact) mass is 279 g/mol. The topological polar surface area (TPSA) is 39.5 Å². The van der Waals surface area contributed by atoms with E-state index in [2.05, 4.69) is 15.9 Å². The van der Waals surface area contributed by atoms with Crippen LogP contribution in [0.25, 0.3) is 0 Å². The van der Waals surface area contributed by atoms with Gasteiger partial charge >= 0.3 is 0 Å². The predicted molar refractivity (Wildman–Crippen MR) is 76.7 cm³/mol. The highest BCUT2D eigenvalue weighted by atomic mass is 35.5. The molecule has 5 heteroatoms. The lowest BCUT2D eigenvalue weighted by molar-refractivity contribution is 0.0248. The van der Waals surface area contributed by atoms with E-state index >= 15 is 0 Å². The minimum atomic E-state index is 0.172. The second-order valence-electron chi connectivity index (χ2n) is 4.97. The van der Waals surface area contributed by atoms with E-state index < -0.39 is 0 Å². The summed E-state index contributed by atoms with van der Waals surface area (Å²) in [7, 11) is 4.07. The number of morpholine rings is 1. The van der Waals surface area contributed by atoms with E-state index in [4.69, 9.17) is 16.3 Å². The Kier molecular flexibility index (Phi) is 4.65. The van der Waals surface area contributed by atoms with E-state index in [0.717, 1.165) is 25.3 Å². The fourth-order valence-electron chi connectivity index (χ4n) is 2.33. The number of nitriles is 1. The summed E-state index contributed by atoms with van der Waals surface area (Å²) < 4.78 is 5.75. The Morgan fingerprint density at radius 1 is 1.53 bits per heavy atom. The summed E-state index contributed by atoms with van der Waals surface area (Å²) in [5, 5.41) is 9.81. The fraction of sp³-hybridized carbons (Fsp3) is 0.500. The van der Waals surface area contributed by atoms with E-state index in [0.29, 0.717) is 17.2 Å². The zero-order valence-electron chi connectivity index (χ0n) is 11.3. The van der Waals surface area contributed by atoms with Crippen molar-refractivity contribution >= 4 is 17.3 Å². The quantitative estimate of drug-likeness (QED) is 0.848. The number of likely N-dealkylation sites (N-methyl/N-ethyl adjacent to an activating group) is 1. The number of ether oxygens (including phenoxy) is 1. The van der Waals surface area contributed by atoms with Crippen molar-refractivity contribution in [3.8, 4) is 6.07 Å². The smallest absolute Gasteiger partial charge is 0.101 e. The lowest BCUT2D eigenvalue weighted by atomic mass is 10.1. The lowest BCUT2D eigenvalue weighted by Gasteiger charge is -2.36. The van der Waals surface area contributed by atoms with Gasteiger partial charge in [0.15, 0.2) is 0 Å². The van der Waals surface area contributed by atoms with Crippen molar-refractivity contribution in [2.24, 2.45) is 0 Å². The van der Waals surface area contributed by atoms with Gasteiger partial charge < -0.3 is 14.5 Å². The Hall–Kier alpha value is -1.28. The summed E-state index contributed by atoms with van der Waals surface area (Å²) in [5.41, 5.74) is 1.57. The van der Waals surface area contributed by atoms with Gasteiger partial charge in [-0.25, -0.2) is 0 Å². The Bertz CT molecular complexity index is 484. The van der Waals surface area contributed by atoms with Crippen LogP contribution < -0.4 is 4.90 Å². The molecule has 102 valence electrons. The van der Waals surface area contributed by atoms with Crippen LogP contribution in [0.4, 0.5) is 5.69 Å². The number of rotatable bonds is 3. The number of hydrogen-bond donors (Lipinski definition) is 0. The molecule has 4 nitrogen and oxygen atoms in total. The molecule has 1 aromatic rings. The maximum absolute atomic E-state index is 9.21. The summed E-state index contributed by atoms with van der Waals surface area (Å²) in [6.45, 7) is 3.17. The average Bonchev–Trinajstić information content (AvgIpc) is 2.38. The molecule has 1 fully saturated rings. The van der Waals surface area contributed by atoms with Crippen LogP contribution in [0.2, 0.25) is 5.02 Å². The molecule has 0 amide bonds. The van der Waals surface area contributed by atoms with Gasteiger partial charge in [-0.2, -0.15) is 5.26 Å². The number of halogens is 1. The normalized spacial score (nSPS) is 19.5. The maximum atomic E-state index is 9.21. The van der Waals surface area contributed by atoms with Crippen molar-refractivity contribution in [3.63, 3.8) is 0 Å². The molecule has 1 saturated heterocycles. The van der Waals surface area contributed by atoms with Crippen LogP contribution in [-0.2, 0) is 4.74 Å². The first-order chi connectivity index (χ1) is 9.10. The molecule has 1 aromatic carbocycles. The van der Waals surface area contributed by atoms with Gasteiger partial charge in [-0.1, -0.05) is 11.6 Å². The Labute approximate surface area is 119 Å². The molecule has 0 aliphatic carbocycles. The summed E-state index contributed by atoms with van der Waals surface area (Å²) in [4.78, 5) is 4.31. The van der Waals surface area contributed by atoms with Crippen LogP contribution >= 0.6 is 11.6 Å². The molecule has 0 saturated carbocycles. The van der Waals surface area contributed by atoms with E-state index in [1.807, 2.05) is 26.2 Å². The van der Waals surface area contributed by atoms with Crippen molar-refractivity contribution in [1.82, 2.24) is 4.90 Å². The van der Waals surface area contributed by atoms with Crippen molar-refractivity contribution in [2.45, 2.75) is 6.10 Å². The van der Waals surface area contributed by atoms with Gasteiger partial charge in [0, 0.05) is 24.7 Å². The molecule has 0 radical (unpaired) electrons. The number of hydrogen-bond acceptors (Lipinski definition) is 4. The Morgan fingerprint density at radius 3 is 3.00 bits per heavy atom. The van der Waals surface area contributed by atoms with Gasteiger partial charge in [0.1, 0.15) is 6.07 Å². The Balaban J connectivity index is 2.15. The average molecular weight is 280 g/mol. The summed E-state index contributed by atoms with van der Waals surface area (Å²) >= 11 is 5.93. The molecule has 1 aliphatic heterocycles. The maximum Gasteiger partial charge on any atom is 0.101 e. The van der Waals surface area contributed by atoms with E-state index in [9.17, 15) is 5.26 Å². The molecule has 0 bridgehead atoms. The third-order valence-corrected chi connectivity index (χ3v) is 3.36. The first kappa shape index (κ1) is 14.1. The van der Waals surface area contributed by atoms with E-state index in [-0.39, 0.29) is 6.10 Å². The molecule has 1 aliphatic rings.